The summed E-state index contributed by atoms with van der Waals surface area (Å²) in [5.74, 6) is -2.57. The van der Waals surface area contributed by atoms with Gasteiger partial charge in [0, 0.05) is 6.42 Å². The SMILES string of the molecule is CCCCCCCCCCCCCCC(=O)C[C@]1(O)O[C@H](CO)[C@@H](O)[C@H](O)[C@H]1O. The molecule has 1 aliphatic rings. The molecule has 29 heavy (non-hydrogen) atoms. The summed E-state index contributed by atoms with van der Waals surface area (Å²) >= 11 is 0. The van der Waals surface area contributed by atoms with Gasteiger partial charge in [0.05, 0.1) is 13.0 Å². The molecule has 5 atom stereocenters. The molecule has 1 heterocycles. The van der Waals surface area contributed by atoms with Crippen LogP contribution in [0, 0.1) is 0 Å². The summed E-state index contributed by atoms with van der Waals surface area (Å²) < 4.78 is 5.13. The Morgan fingerprint density at radius 3 is 1.79 bits per heavy atom. The predicted molar refractivity (Wildman–Crippen MR) is 110 cm³/mol. The van der Waals surface area contributed by atoms with Gasteiger partial charge in [-0.15, -0.1) is 0 Å². The number of unbranched alkanes of at least 4 members (excludes halogenated alkanes) is 11. The summed E-state index contributed by atoms with van der Waals surface area (Å²) in [6.45, 7) is 1.59. The van der Waals surface area contributed by atoms with Crippen molar-refractivity contribution in [2.75, 3.05) is 6.61 Å². The van der Waals surface area contributed by atoms with E-state index in [2.05, 4.69) is 6.92 Å². The van der Waals surface area contributed by atoms with Gasteiger partial charge in [-0.25, -0.2) is 0 Å². The largest absolute Gasteiger partial charge is 0.394 e. The lowest BCUT2D eigenvalue weighted by molar-refractivity contribution is -0.347. The van der Waals surface area contributed by atoms with E-state index in [1.807, 2.05) is 0 Å². The fraction of sp³-hybridized carbons (Fsp3) is 0.955. The van der Waals surface area contributed by atoms with Crippen molar-refractivity contribution in [2.45, 2.75) is 127 Å². The monoisotopic (exact) mass is 418 g/mol. The van der Waals surface area contributed by atoms with E-state index in [0.29, 0.717) is 6.42 Å². The molecule has 172 valence electrons. The minimum absolute atomic E-state index is 0.262. The Kier molecular flexibility index (Phi) is 13.2. The first-order valence-electron chi connectivity index (χ1n) is 11.4. The molecule has 7 heteroatoms. The van der Waals surface area contributed by atoms with Gasteiger partial charge < -0.3 is 30.3 Å². The minimum atomic E-state index is -2.29. The average molecular weight is 419 g/mol. The number of hydrogen-bond acceptors (Lipinski definition) is 7. The van der Waals surface area contributed by atoms with Crippen molar-refractivity contribution < 1.29 is 35.1 Å². The number of rotatable bonds is 16. The highest BCUT2D eigenvalue weighted by molar-refractivity contribution is 5.79. The van der Waals surface area contributed by atoms with Crippen molar-refractivity contribution >= 4 is 5.78 Å². The van der Waals surface area contributed by atoms with E-state index in [1.54, 1.807) is 0 Å². The summed E-state index contributed by atoms with van der Waals surface area (Å²) in [4.78, 5) is 12.2. The van der Waals surface area contributed by atoms with Crippen LogP contribution in [0.4, 0.5) is 0 Å². The first-order valence-corrected chi connectivity index (χ1v) is 11.4. The van der Waals surface area contributed by atoms with E-state index in [9.17, 15) is 30.3 Å². The summed E-state index contributed by atoms with van der Waals surface area (Å²) in [5, 5.41) is 49.1. The quantitative estimate of drug-likeness (QED) is 0.243. The van der Waals surface area contributed by atoms with Crippen LogP contribution in [-0.2, 0) is 9.53 Å². The Hall–Kier alpha value is -0.570. The van der Waals surface area contributed by atoms with Gasteiger partial charge in [-0.1, -0.05) is 77.6 Å². The predicted octanol–water partition coefficient (Wildman–Crippen LogP) is 2.20. The Labute approximate surface area is 175 Å². The summed E-state index contributed by atoms with van der Waals surface area (Å²) in [5.41, 5.74) is 0. The average Bonchev–Trinajstić information content (AvgIpc) is 2.70. The topological polar surface area (TPSA) is 127 Å². The molecule has 1 aliphatic heterocycles. The molecule has 0 aromatic rings. The molecule has 0 aromatic heterocycles. The molecule has 1 rings (SSSR count). The number of aliphatic hydroxyl groups is 5. The number of ketones is 1. The van der Waals surface area contributed by atoms with Gasteiger partial charge in [0.15, 0.2) is 0 Å². The van der Waals surface area contributed by atoms with E-state index in [0.717, 1.165) is 19.3 Å². The molecule has 0 aliphatic carbocycles. The molecule has 0 bridgehead atoms. The summed E-state index contributed by atoms with van der Waals surface area (Å²) in [7, 11) is 0. The second-order valence-electron chi connectivity index (χ2n) is 8.46. The van der Waals surface area contributed by atoms with Crippen molar-refractivity contribution in [1.82, 2.24) is 0 Å². The van der Waals surface area contributed by atoms with Crippen LogP contribution in [0.5, 0.6) is 0 Å². The molecule has 0 unspecified atom stereocenters. The number of ether oxygens (including phenoxy) is 1. The molecule has 0 saturated carbocycles. The van der Waals surface area contributed by atoms with Gasteiger partial charge in [-0.3, -0.25) is 4.79 Å². The fourth-order valence-corrected chi connectivity index (χ4v) is 3.90. The highest BCUT2D eigenvalue weighted by atomic mass is 16.7. The maximum atomic E-state index is 12.2. The normalized spacial score (nSPS) is 29.9. The molecular weight excluding hydrogens is 376 g/mol. The van der Waals surface area contributed by atoms with Gasteiger partial charge in [-0.2, -0.15) is 0 Å². The van der Waals surface area contributed by atoms with Gasteiger partial charge in [0.25, 0.3) is 0 Å². The molecular formula is C22H42O7. The number of carbonyl (C=O) groups excluding carboxylic acids is 1. The smallest absolute Gasteiger partial charge is 0.202 e. The van der Waals surface area contributed by atoms with E-state index in [1.165, 1.54) is 51.4 Å². The molecule has 1 saturated heterocycles. The van der Waals surface area contributed by atoms with Crippen molar-refractivity contribution in [3.8, 4) is 0 Å². The lowest BCUT2D eigenvalue weighted by atomic mass is 9.89. The van der Waals surface area contributed by atoms with Crippen LogP contribution >= 0.6 is 0 Å². The van der Waals surface area contributed by atoms with E-state index >= 15 is 0 Å². The van der Waals surface area contributed by atoms with Crippen LogP contribution in [0.1, 0.15) is 96.8 Å². The van der Waals surface area contributed by atoms with Crippen molar-refractivity contribution in [3.05, 3.63) is 0 Å². The standard InChI is InChI=1S/C22H42O7/c1-2-3-4-5-6-7-8-9-10-11-12-13-14-17(24)15-22(28)21(27)20(26)19(25)18(16-23)29-22/h18-21,23,25-28H,2-16H2,1H3/t18-,19-,20+,21-,22+/m1/s1. The lowest BCUT2D eigenvalue weighted by Gasteiger charge is -2.45. The molecule has 1 fully saturated rings. The fourth-order valence-electron chi connectivity index (χ4n) is 3.90. The zero-order chi connectivity index (χ0) is 21.7. The number of aliphatic hydroxyl groups excluding tert-OH is 4. The van der Waals surface area contributed by atoms with Gasteiger partial charge >= 0.3 is 0 Å². The lowest BCUT2D eigenvalue weighted by Crippen LogP contribution is -2.65. The Bertz CT molecular complexity index is 443. The Morgan fingerprint density at radius 1 is 0.828 bits per heavy atom. The van der Waals surface area contributed by atoms with Crippen LogP contribution in [0.15, 0.2) is 0 Å². The highest BCUT2D eigenvalue weighted by Gasteiger charge is 2.53. The Balaban J connectivity index is 2.13. The third-order valence-electron chi connectivity index (χ3n) is 5.81. The van der Waals surface area contributed by atoms with Crippen molar-refractivity contribution in [3.63, 3.8) is 0 Å². The zero-order valence-corrected chi connectivity index (χ0v) is 18.0. The van der Waals surface area contributed by atoms with Crippen LogP contribution < -0.4 is 0 Å². The van der Waals surface area contributed by atoms with Crippen LogP contribution in [-0.4, -0.2) is 68.1 Å². The number of hydrogen-bond donors (Lipinski definition) is 5. The second-order valence-corrected chi connectivity index (χ2v) is 8.46. The Morgan fingerprint density at radius 2 is 1.31 bits per heavy atom. The number of carbonyl (C=O) groups is 1. The minimum Gasteiger partial charge on any atom is -0.394 e. The first kappa shape index (κ1) is 26.5. The molecule has 0 amide bonds. The maximum absolute atomic E-state index is 12.2. The molecule has 0 radical (unpaired) electrons. The molecule has 7 nitrogen and oxygen atoms in total. The van der Waals surface area contributed by atoms with Crippen LogP contribution in [0.25, 0.3) is 0 Å². The van der Waals surface area contributed by atoms with E-state index < -0.39 is 43.2 Å². The second kappa shape index (κ2) is 14.4. The first-order chi connectivity index (χ1) is 13.9. The van der Waals surface area contributed by atoms with Crippen LogP contribution in [0.3, 0.4) is 0 Å². The molecule has 0 aromatic carbocycles. The van der Waals surface area contributed by atoms with Gasteiger partial charge in [0.2, 0.25) is 5.79 Å². The third-order valence-corrected chi connectivity index (χ3v) is 5.81. The van der Waals surface area contributed by atoms with Gasteiger partial charge in [0.1, 0.15) is 30.2 Å². The van der Waals surface area contributed by atoms with E-state index in [4.69, 9.17) is 4.74 Å². The van der Waals surface area contributed by atoms with Crippen LogP contribution in [0.2, 0.25) is 0 Å². The summed E-state index contributed by atoms with van der Waals surface area (Å²) in [6.07, 6.45) is 7.82. The van der Waals surface area contributed by atoms with Crippen molar-refractivity contribution in [1.29, 1.82) is 0 Å². The maximum Gasteiger partial charge on any atom is 0.202 e. The van der Waals surface area contributed by atoms with Gasteiger partial charge in [-0.05, 0) is 6.42 Å². The highest BCUT2D eigenvalue weighted by Crippen LogP contribution is 2.31. The van der Waals surface area contributed by atoms with E-state index in [-0.39, 0.29) is 12.2 Å². The summed E-state index contributed by atoms with van der Waals surface area (Å²) in [6, 6.07) is 0. The zero-order valence-electron chi connectivity index (χ0n) is 18.0. The molecule has 0 spiro atoms. The van der Waals surface area contributed by atoms with Crippen molar-refractivity contribution in [2.24, 2.45) is 0 Å². The third kappa shape index (κ3) is 9.40. The number of Topliss-reactive ketones (excluding diaryl/α,β-unsaturated/α-hetero) is 1. The molecule has 5 N–H and O–H groups in total.